The third-order valence-electron chi connectivity index (χ3n) is 4.33. The Labute approximate surface area is 151 Å². The predicted molar refractivity (Wildman–Crippen MR) is 94.2 cm³/mol. The van der Waals surface area contributed by atoms with E-state index in [1.807, 2.05) is 24.3 Å². The number of ether oxygens (including phenoxy) is 2. The minimum atomic E-state index is -0.398. The second kappa shape index (κ2) is 7.99. The zero-order chi connectivity index (χ0) is 18.5. The molecule has 1 aliphatic heterocycles. The summed E-state index contributed by atoms with van der Waals surface area (Å²) >= 11 is 0. The molecule has 26 heavy (non-hydrogen) atoms. The molecule has 1 aromatic rings. The van der Waals surface area contributed by atoms with Crippen LogP contribution in [0.1, 0.15) is 44.2 Å². The van der Waals surface area contributed by atoms with Crippen LogP contribution in [-0.4, -0.2) is 24.3 Å². The van der Waals surface area contributed by atoms with E-state index in [4.69, 9.17) is 9.47 Å². The van der Waals surface area contributed by atoms with Gasteiger partial charge in [-0.15, -0.1) is 0 Å². The smallest absolute Gasteiger partial charge is 0.306 e. The van der Waals surface area contributed by atoms with Gasteiger partial charge in [-0.05, 0) is 19.1 Å². The lowest BCUT2D eigenvalue weighted by atomic mass is 9.93. The second-order valence-corrected chi connectivity index (χ2v) is 6.14. The Kier molecular flexibility index (Phi) is 5.51. The topological polar surface area (TPSA) is 81.7 Å². The first-order chi connectivity index (χ1) is 12.6. The predicted octanol–water partition coefficient (Wildman–Crippen LogP) is 2.75. The van der Waals surface area contributed by atoms with Crippen molar-refractivity contribution < 1.29 is 23.9 Å². The first kappa shape index (κ1) is 17.9. The Bertz CT molecular complexity index is 793. The van der Waals surface area contributed by atoms with E-state index in [0.717, 1.165) is 5.56 Å². The van der Waals surface area contributed by atoms with Crippen LogP contribution >= 0.6 is 0 Å². The molecule has 6 heteroatoms. The minimum Gasteiger partial charge on any atom is -0.466 e. The molecule has 0 saturated carbocycles. The van der Waals surface area contributed by atoms with Crippen molar-refractivity contribution in [2.45, 2.75) is 38.6 Å². The first-order valence-electron chi connectivity index (χ1n) is 8.73. The van der Waals surface area contributed by atoms with Crippen LogP contribution < -0.4 is 10.1 Å². The van der Waals surface area contributed by atoms with Gasteiger partial charge < -0.3 is 14.8 Å². The molecule has 0 spiro atoms. The van der Waals surface area contributed by atoms with E-state index < -0.39 is 5.97 Å². The van der Waals surface area contributed by atoms with Crippen LogP contribution in [0.2, 0.25) is 0 Å². The highest BCUT2D eigenvalue weighted by Crippen LogP contribution is 2.37. The number of para-hydroxylation sites is 1. The number of ketones is 1. The van der Waals surface area contributed by atoms with Crippen molar-refractivity contribution in [2.24, 2.45) is 0 Å². The Morgan fingerprint density at radius 3 is 2.88 bits per heavy atom. The van der Waals surface area contributed by atoms with Crippen molar-refractivity contribution in [3.05, 3.63) is 53.3 Å². The molecule has 1 heterocycles. The number of carbonyl (C=O) groups excluding carboxylic acids is 3. The average Bonchev–Trinajstić information content (AvgIpc) is 2.78. The molecule has 0 radical (unpaired) electrons. The van der Waals surface area contributed by atoms with E-state index in [2.05, 4.69) is 5.32 Å². The van der Waals surface area contributed by atoms with Gasteiger partial charge in [0, 0.05) is 30.4 Å². The molecule has 1 aliphatic carbocycles. The Morgan fingerprint density at radius 1 is 1.27 bits per heavy atom. The van der Waals surface area contributed by atoms with Crippen LogP contribution in [0.15, 0.2) is 47.7 Å². The van der Waals surface area contributed by atoms with Crippen molar-refractivity contribution in [3.8, 4) is 5.75 Å². The van der Waals surface area contributed by atoms with Gasteiger partial charge in [-0.1, -0.05) is 24.3 Å². The van der Waals surface area contributed by atoms with E-state index >= 15 is 0 Å². The number of hydrogen-bond acceptors (Lipinski definition) is 5. The number of esters is 1. The minimum absolute atomic E-state index is 0.000999. The van der Waals surface area contributed by atoms with Crippen LogP contribution in [-0.2, 0) is 19.1 Å². The monoisotopic (exact) mass is 355 g/mol. The third-order valence-corrected chi connectivity index (χ3v) is 4.33. The molecular formula is C20H21NO5. The van der Waals surface area contributed by atoms with Crippen molar-refractivity contribution >= 4 is 17.7 Å². The van der Waals surface area contributed by atoms with Gasteiger partial charge in [-0.2, -0.15) is 0 Å². The van der Waals surface area contributed by atoms with E-state index in [-0.39, 0.29) is 30.6 Å². The van der Waals surface area contributed by atoms with E-state index in [9.17, 15) is 14.4 Å². The van der Waals surface area contributed by atoms with Gasteiger partial charge in [-0.3, -0.25) is 14.4 Å². The van der Waals surface area contributed by atoms with Crippen molar-refractivity contribution in [1.29, 1.82) is 0 Å². The van der Waals surface area contributed by atoms with Crippen molar-refractivity contribution in [3.63, 3.8) is 0 Å². The fraction of sp³-hybridized carbons (Fsp3) is 0.350. The third kappa shape index (κ3) is 4.02. The van der Waals surface area contributed by atoms with Crippen molar-refractivity contribution in [2.75, 3.05) is 6.61 Å². The van der Waals surface area contributed by atoms with Crippen LogP contribution in [0, 0.1) is 0 Å². The van der Waals surface area contributed by atoms with Gasteiger partial charge in [0.1, 0.15) is 11.5 Å². The van der Waals surface area contributed by atoms with E-state index in [1.54, 1.807) is 19.1 Å². The lowest BCUT2D eigenvalue weighted by Crippen LogP contribution is -2.29. The van der Waals surface area contributed by atoms with Crippen LogP contribution in [0.4, 0.5) is 0 Å². The lowest BCUT2D eigenvalue weighted by Gasteiger charge is -2.19. The maximum absolute atomic E-state index is 12.3. The fourth-order valence-electron chi connectivity index (χ4n) is 3.08. The standard InChI is InChI=1S/C20H21NO5/c1-2-25-20(24)11-10-19(23)21-15-12-14-16(22)7-5-9-18(14)26-17-8-4-3-6-13(15)17/h3-6,8-9,15H,2,7,10-12H2,1H3,(H,21,23). The average molecular weight is 355 g/mol. The summed E-state index contributed by atoms with van der Waals surface area (Å²) < 4.78 is 10.8. The molecule has 0 saturated heterocycles. The Balaban J connectivity index is 1.78. The molecule has 1 N–H and O–H groups in total. The molecule has 0 fully saturated rings. The maximum atomic E-state index is 12.3. The van der Waals surface area contributed by atoms with Crippen molar-refractivity contribution in [1.82, 2.24) is 5.32 Å². The number of fused-ring (bicyclic) bond motifs is 1. The van der Waals surface area contributed by atoms with Gasteiger partial charge in [0.05, 0.1) is 19.1 Å². The highest BCUT2D eigenvalue weighted by molar-refractivity contribution is 5.98. The summed E-state index contributed by atoms with van der Waals surface area (Å²) in [4.78, 5) is 36.0. The van der Waals surface area contributed by atoms with Gasteiger partial charge >= 0.3 is 5.97 Å². The molecule has 3 rings (SSSR count). The number of rotatable bonds is 5. The first-order valence-corrected chi connectivity index (χ1v) is 8.73. The van der Waals surface area contributed by atoms with Crippen LogP contribution in [0.3, 0.4) is 0 Å². The summed E-state index contributed by atoms with van der Waals surface area (Å²) in [6.07, 6.45) is 4.35. The normalized spacial score (nSPS) is 18.3. The van der Waals surface area contributed by atoms with E-state index in [1.165, 1.54) is 0 Å². The lowest BCUT2D eigenvalue weighted by molar-refractivity contribution is -0.144. The molecule has 6 nitrogen and oxygen atoms in total. The summed E-state index contributed by atoms with van der Waals surface area (Å²) in [7, 11) is 0. The number of amides is 1. The molecule has 0 aromatic heterocycles. The molecule has 2 aliphatic rings. The van der Waals surface area contributed by atoms with Crippen LogP contribution in [0.25, 0.3) is 0 Å². The number of Topliss-reactive ketones (excluding diaryl/α,β-unsaturated/α-hetero) is 1. The van der Waals surface area contributed by atoms with Gasteiger partial charge in [0.2, 0.25) is 5.91 Å². The highest BCUT2D eigenvalue weighted by Gasteiger charge is 2.29. The van der Waals surface area contributed by atoms with E-state index in [0.29, 0.717) is 36.5 Å². The molecule has 1 aromatic carbocycles. The fourth-order valence-corrected chi connectivity index (χ4v) is 3.08. The quantitative estimate of drug-likeness (QED) is 0.822. The molecule has 0 bridgehead atoms. The summed E-state index contributed by atoms with van der Waals surface area (Å²) in [5, 5.41) is 2.93. The highest BCUT2D eigenvalue weighted by atomic mass is 16.5. The summed E-state index contributed by atoms with van der Waals surface area (Å²) in [6.45, 7) is 2.02. The number of carbonyl (C=O) groups is 3. The number of hydrogen-bond donors (Lipinski definition) is 1. The number of benzene rings is 1. The van der Waals surface area contributed by atoms with Gasteiger partial charge in [0.15, 0.2) is 5.78 Å². The van der Waals surface area contributed by atoms with Gasteiger partial charge in [-0.25, -0.2) is 0 Å². The molecule has 1 unspecified atom stereocenters. The molecule has 1 atom stereocenters. The summed E-state index contributed by atoms with van der Waals surface area (Å²) in [6, 6.07) is 7.01. The number of allylic oxidation sites excluding steroid dienone is 2. The van der Waals surface area contributed by atoms with Gasteiger partial charge in [0.25, 0.3) is 0 Å². The zero-order valence-electron chi connectivity index (χ0n) is 14.6. The molecule has 136 valence electrons. The molecular weight excluding hydrogens is 334 g/mol. The SMILES string of the molecule is CCOC(=O)CCC(=O)NC1CC2=C(C=CCC2=O)Oc2ccccc21. The Morgan fingerprint density at radius 2 is 2.08 bits per heavy atom. The largest absolute Gasteiger partial charge is 0.466 e. The second-order valence-electron chi connectivity index (χ2n) is 6.14. The summed E-state index contributed by atoms with van der Waals surface area (Å²) in [5.74, 6) is 0.496. The summed E-state index contributed by atoms with van der Waals surface area (Å²) in [5.41, 5.74) is 1.40. The van der Waals surface area contributed by atoms with Crippen LogP contribution in [0.5, 0.6) is 5.75 Å². The molecule has 1 amide bonds. The zero-order valence-corrected chi connectivity index (χ0v) is 14.6. The maximum Gasteiger partial charge on any atom is 0.306 e. The Hall–Kier alpha value is -2.89. The number of nitrogens with one attached hydrogen (secondary N) is 1.